The van der Waals surface area contributed by atoms with E-state index in [1.165, 1.54) is 0 Å². The van der Waals surface area contributed by atoms with Gasteiger partial charge in [0.25, 0.3) is 11.8 Å². The topological polar surface area (TPSA) is 121 Å². The van der Waals surface area contributed by atoms with Crippen LogP contribution in [0.1, 0.15) is 6.42 Å². The van der Waals surface area contributed by atoms with E-state index in [0.29, 0.717) is 4.90 Å². The van der Waals surface area contributed by atoms with Crippen LogP contribution >= 0.6 is 0 Å². The maximum Gasteiger partial charge on any atom is 0.253 e. The van der Waals surface area contributed by atoms with Crippen LogP contribution in [-0.2, 0) is 14.4 Å². The van der Waals surface area contributed by atoms with E-state index in [0.717, 1.165) is 12.2 Å². The number of nitrogens with zero attached hydrogens (tertiary/aromatic N) is 1. The van der Waals surface area contributed by atoms with Crippen LogP contribution in [0.3, 0.4) is 0 Å². The molecule has 1 heterocycles. The van der Waals surface area contributed by atoms with Gasteiger partial charge in [-0.25, -0.2) is 0 Å². The number of hydrogen-bond donors (Lipinski definition) is 3. The third-order valence-corrected chi connectivity index (χ3v) is 2.22. The number of aliphatic hydroxyl groups excluding tert-OH is 2. The second-order valence-electron chi connectivity index (χ2n) is 3.37. The summed E-state index contributed by atoms with van der Waals surface area (Å²) in [5, 5.41) is 18.2. The van der Waals surface area contributed by atoms with Crippen LogP contribution in [0.15, 0.2) is 12.2 Å². The van der Waals surface area contributed by atoms with E-state index in [1.54, 1.807) is 0 Å². The fraction of sp³-hybridized carbons (Fsp3) is 0.444. The summed E-state index contributed by atoms with van der Waals surface area (Å²) < 4.78 is 0. The summed E-state index contributed by atoms with van der Waals surface area (Å²) >= 11 is 0. The predicted octanol–water partition coefficient (Wildman–Crippen LogP) is -2.49. The van der Waals surface area contributed by atoms with Crippen LogP contribution in [0.2, 0.25) is 0 Å². The molecule has 0 saturated heterocycles. The quantitative estimate of drug-likeness (QED) is 0.449. The maximum absolute atomic E-state index is 11.3. The predicted molar refractivity (Wildman–Crippen MR) is 51.7 cm³/mol. The molecule has 0 aromatic carbocycles. The van der Waals surface area contributed by atoms with Crippen molar-refractivity contribution >= 4 is 17.7 Å². The molecule has 1 rings (SSSR count). The Labute approximate surface area is 91.1 Å². The molecule has 0 aromatic rings. The normalized spacial score (nSPS) is 19.0. The number of hydrogen-bond acceptors (Lipinski definition) is 5. The van der Waals surface area contributed by atoms with Crippen LogP contribution in [0, 0.1) is 0 Å². The summed E-state index contributed by atoms with van der Waals surface area (Å²) in [6, 6.07) is -1.13. The van der Waals surface area contributed by atoms with Crippen molar-refractivity contribution in [2.45, 2.75) is 18.6 Å². The summed E-state index contributed by atoms with van der Waals surface area (Å²) in [7, 11) is 0. The molecule has 16 heavy (non-hydrogen) atoms. The average Bonchev–Trinajstić information content (AvgIpc) is 2.54. The van der Waals surface area contributed by atoms with Gasteiger partial charge in [0.1, 0.15) is 0 Å². The van der Waals surface area contributed by atoms with Crippen molar-refractivity contribution in [3.05, 3.63) is 12.2 Å². The minimum absolute atomic E-state index is 0.388. The summed E-state index contributed by atoms with van der Waals surface area (Å²) in [5.74, 6) is -2.04. The van der Waals surface area contributed by atoms with Gasteiger partial charge in [-0.1, -0.05) is 0 Å². The number of imide groups is 1. The van der Waals surface area contributed by atoms with E-state index in [4.69, 9.17) is 10.8 Å². The first kappa shape index (κ1) is 12.3. The molecule has 1 aliphatic heterocycles. The zero-order chi connectivity index (χ0) is 12.3. The van der Waals surface area contributed by atoms with Gasteiger partial charge in [0.05, 0.1) is 18.8 Å². The summed E-state index contributed by atoms with van der Waals surface area (Å²) in [6.45, 7) is -0.672. The molecule has 7 heteroatoms. The van der Waals surface area contributed by atoms with Gasteiger partial charge in [-0.15, -0.1) is 0 Å². The molecule has 0 aromatic heterocycles. The largest absolute Gasteiger partial charge is 0.394 e. The van der Waals surface area contributed by atoms with Crippen LogP contribution in [-0.4, -0.2) is 51.6 Å². The smallest absolute Gasteiger partial charge is 0.253 e. The lowest BCUT2D eigenvalue weighted by atomic mass is 10.1. The highest BCUT2D eigenvalue weighted by atomic mass is 16.3. The van der Waals surface area contributed by atoms with Gasteiger partial charge in [0, 0.05) is 18.6 Å². The fourth-order valence-corrected chi connectivity index (χ4v) is 1.47. The lowest BCUT2D eigenvalue weighted by molar-refractivity contribution is -0.144. The Balaban J connectivity index is 2.88. The molecule has 88 valence electrons. The highest BCUT2D eigenvalue weighted by Gasteiger charge is 2.36. The highest BCUT2D eigenvalue weighted by Crippen LogP contribution is 2.15. The molecule has 0 fully saturated rings. The number of rotatable bonds is 5. The van der Waals surface area contributed by atoms with Crippen LogP contribution < -0.4 is 5.73 Å². The zero-order valence-electron chi connectivity index (χ0n) is 8.37. The molecule has 0 spiro atoms. The van der Waals surface area contributed by atoms with Gasteiger partial charge < -0.3 is 15.9 Å². The Morgan fingerprint density at radius 1 is 1.38 bits per heavy atom. The molecule has 0 saturated carbocycles. The molecule has 0 aliphatic carbocycles. The van der Waals surface area contributed by atoms with E-state index >= 15 is 0 Å². The highest BCUT2D eigenvalue weighted by molar-refractivity contribution is 6.13. The van der Waals surface area contributed by atoms with Crippen molar-refractivity contribution in [3.63, 3.8) is 0 Å². The first-order chi connectivity index (χ1) is 7.47. The van der Waals surface area contributed by atoms with Gasteiger partial charge in [0.2, 0.25) is 5.91 Å². The fourth-order valence-electron chi connectivity index (χ4n) is 1.47. The monoisotopic (exact) mass is 228 g/mol. The zero-order valence-corrected chi connectivity index (χ0v) is 8.37. The molecular formula is C9H12N2O5. The number of nitrogens with two attached hydrogens (primary N) is 1. The Morgan fingerprint density at radius 2 is 1.88 bits per heavy atom. The van der Waals surface area contributed by atoms with Gasteiger partial charge in [-0.2, -0.15) is 0 Å². The first-order valence-electron chi connectivity index (χ1n) is 4.59. The van der Waals surface area contributed by atoms with Gasteiger partial charge >= 0.3 is 0 Å². The summed E-state index contributed by atoms with van der Waals surface area (Å²) in [4.78, 5) is 34.1. The van der Waals surface area contributed by atoms with E-state index in [1.807, 2.05) is 0 Å². The Kier molecular flexibility index (Phi) is 3.75. The van der Waals surface area contributed by atoms with Crippen molar-refractivity contribution in [1.29, 1.82) is 0 Å². The van der Waals surface area contributed by atoms with Crippen LogP contribution in [0.25, 0.3) is 0 Å². The van der Waals surface area contributed by atoms with Crippen molar-refractivity contribution in [2.24, 2.45) is 5.73 Å². The Morgan fingerprint density at radius 3 is 2.25 bits per heavy atom. The van der Waals surface area contributed by atoms with Crippen molar-refractivity contribution in [1.82, 2.24) is 4.90 Å². The minimum Gasteiger partial charge on any atom is -0.394 e. The number of carbonyl (C=O) groups excluding carboxylic acids is 3. The van der Waals surface area contributed by atoms with Gasteiger partial charge in [-0.05, 0) is 0 Å². The third-order valence-electron chi connectivity index (χ3n) is 2.22. The van der Waals surface area contributed by atoms with Crippen LogP contribution in [0.5, 0.6) is 0 Å². The van der Waals surface area contributed by atoms with E-state index < -0.39 is 36.5 Å². The molecule has 4 N–H and O–H groups in total. The molecule has 0 bridgehead atoms. The van der Waals surface area contributed by atoms with Gasteiger partial charge in [0.15, 0.2) is 0 Å². The lowest BCUT2D eigenvalue weighted by Gasteiger charge is -2.28. The van der Waals surface area contributed by atoms with Crippen molar-refractivity contribution in [2.75, 3.05) is 6.61 Å². The number of amides is 3. The van der Waals surface area contributed by atoms with E-state index in [2.05, 4.69) is 0 Å². The van der Waals surface area contributed by atoms with E-state index in [-0.39, 0.29) is 6.42 Å². The Bertz CT molecular complexity index is 334. The molecule has 3 amide bonds. The lowest BCUT2D eigenvalue weighted by Crippen LogP contribution is -2.50. The molecule has 7 nitrogen and oxygen atoms in total. The first-order valence-corrected chi connectivity index (χ1v) is 4.59. The van der Waals surface area contributed by atoms with E-state index in [9.17, 15) is 19.5 Å². The molecule has 2 unspecified atom stereocenters. The summed E-state index contributed by atoms with van der Waals surface area (Å²) in [5.41, 5.74) is 4.94. The average molecular weight is 228 g/mol. The molecule has 0 radical (unpaired) electrons. The second-order valence-corrected chi connectivity index (χ2v) is 3.37. The maximum atomic E-state index is 11.3. The van der Waals surface area contributed by atoms with Gasteiger partial charge in [-0.3, -0.25) is 19.3 Å². The SMILES string of the molecule is NC(=O)CC(C(O)CO)N1C(=O)C=CC1=O. The molecule has 1 aliphatic rings. The number of carbonyl (C=O) groups is 3. The molecular weight excluding hydrogens is 216 g/mol. The van der Waals surface area contributed by atoms with Crippen molar-refractivity contribution < 1.29 is 24.6 Å². The third kappa shape index (κ3) is 2.44. The minimum atomic E-state index is -1.39. The van der Waals surface area contributed by atoms with Crippen LogP contribution in [0.4, 0.5) is 0 Å². The number of aliphatic hydroxyl groups is 2. The molecule has 2 atom stereocenters. The number of primary amides is 1. The summed E-state index contributed by atoms with van der Waals surface area (Å²) in [6.07, 6.45) is 0.280. The van der Waals surface area contributed by atoms with Crippen molar-refractivity contribution in [3.8, 4) is 0 Å². The Hall–Kier alpha value is -1.73. The standard InChI is InChI=1S/C9H12N2O5/c10-7(14)3-5(6(13)4-12)11-8(15)1-2-9(11)16/h1-2,5-6,12-13H,3-4H2,(H2,10,14). The second kappa shape index (κ2) is 4.86.